The van der Waals surface area contributed by atoms with Gasteiger partial charge in [0.05, 0.1) is 5.56 Å². The first kappa shape index (κ1) is 13.3. The molecule has 5 heteroatoms. The van der Waals surface area contributed by atoms with Crippen LogP contribution in [0.25, 0.3) is 0 Å². The lowest BCUT2D eigenvalue weighted by Crippen LogP contribution is -2.44. The topological polar surface area (TPSA) is 58.2 Å². The van der Waals surface area contributed by atoms with Crippen LogP contribution < -0.4 is 10.9 Å². The average molecular weight is 262 g/mol. The summed E-state index contributed by atoms with van der Waals surface area (Å²) >= 11 is 0. The highest BCUT2D eigenvalue weighted by molar-refractivity contribution is 5.95. The van der Waals surface area contributed by atoms with Crippen molar-refractivity contribution in [3.05, 3.63) is 47.8 Å². The lowest BCUT2D eigenvalue weighted by molar-refractivity contribution is -0.126. The van der Waals surface area contributed by atoms with Crippen LogP contribution in [-0.2, 0) is 4.79 Å². The minimum atomic E-state index is -0.655. The molecule has 19 heavy (non-hydrogen) atoms. The SMILES string of the molecule is O=C(NNC(=O)C1CC=CCC1)c1ccccc1F. The molecule has 1 aromatic carbocycles. The van der Waals surface area contributed by atoms with E-state index < -0.39 is 11.7 Å². The van der Waals surface area contributed by atoms with Crippen LogP contribution in [0, 0.1) is 11.7 Å². The molecule has 0 aromatic heterocycles. The molecule has 0 aliphatic heterocycles. The molecular formula is C14H15FN2O2. The highest BCUT2D eigenvalue weighted by Gasteiger charge is 2.19. The van der Waals surface area contributed by atoms with E-state index in [1.165, 1.54) is 18.2 Å². The van der Waals surface area contributed by atoms with Gasteiger partial charge >= 0.3 is 0 Å². The molecule has 4 nitrogen and oxygen atoms in total. The lowest BCUT2D eigenvalue weighted by atomic mass is 9.94. The van der Waals surface area contributed by atoms with Gasteiger partial charge < -0.3 is 0 Å². The van der Waals surface area contributed by atoms with Gasteiger partial charge in [-0.2, -0.15) is 0 Å². The van der Waals surface area contributed by atoms with Gasteiger partial charge in [-0.05, 0) is 31.4 Å². The predicted molar refractivity (Wildman–Crippen MR) is 68.5 cm³/mol. The Morgan fingerprint density at radius 2 is 1.95 bits per heavy atom. The summed E-state index contributed by atoms with van der Waals surface area (Å²) in [5.74, 6) is -1.65. The Hall–Kier alpha value is -2.17. The molecule has 0 spiro atoms. The second-order valence-electron chi connectivity index (χ2n) is 4.40. The molecule has 2 amide bonds. The van der Waals surface area contributed by atoms with Crippen LogP contribution in [0.4, 0.5) is 4.39 Å². The van der Waals surface area contributed by atoms with Gasteiger partial charge in [-0.1, -0.05) is 24.3 Å². The number of carbonyl (C=O) groups is 2. The van der Waals surface area contributed by atoms with Gasteiger partial charge in [0.1, 0.15) is 5.82 Å². The van der Waals surface area contributed by atoms with Gasteiger partial charge in [0.25, 0.3) is 5.91 Å². The number of hydrogen-bond acceptors (Lipinski definition) is 2. The van der Waals surface area contributed by atoms with Crippen molar-refractivity contribution in [3.8, 4) is 0 Å². The summed E-state index contributed by atoms with van der Waals surface area (Å²) in [6, 6.07) is 5.62. The van der Waals surface area contributed by atoms with Crippen molar-refractivity contribution in [2.24, 2.45) is 5.92 Å². The molecule has 1 unspecified atom stereocenters. The van der Waals surface area contributed by atoms with Crippen molar-refractivity contribution in [1.82, 2.24) is 10.9 Å². The van der Waals surface area contributed by atoms with E-state index in [4.69, 9.17) is 0 Å². The first-order chi connectivity index (χ1) is 9.18. The standard InChI is InChI=1S/C14H15FN2O2/c15-12-9-5-4-8-11(12)14(19)17-16-13(18)10-6-2-1-3-7-10/h1-2,4-5,8-10H,3,6-7H2,(H,16,18)(H,17,19). The number of halogens is 1. The zero-order valence-corrected chi connectivity index (χ0v) is 10.4. The molecule has 1 aromatic rings. The third-order valence-corrected chi connectivity index (χ3v) is 3.06. The van der Waals surface area contributed by atoms with Gasteiger partial charge in [-0.3, -0.25) is 20.4 Å². The third-order valence-electron chi connectivity index (χ3n) is 3.06. The fraction of sp³-hybridized carbons (Fsp3) is 0.286. The molecule has 0 saturated heterocycles. The number of nitrogens with one attached hydrogen (secondary N) is 2. The number of carbonyl (C=O) groups excluding carboxylic acids is 2. The van der Waals surface area contributed by atoms with E-state index in [1.807, 2.05) is 12.2 Å². The second-order valence-corrected chi connectivity index (χ2v) is 4.40. The van der Waals surface area contributed by atoms with Crippen molar-refractivity contribution in [2.75, 3.05) is 0 Å². The van der Waals surface area contributed by atoms with Gasteiger partial charge in [0.15, 0.2) is 0 Å². The molecule has 1 atom stereocenters. The first-order valence-electron chi connectivity index (χ1n) is 6.18. The fourth-order valence-electron chi connectivity index (χ4n) is 1.96. The molecule has 0 bridgehead atoms. The molecule has 0 radical (unpaired) electrons. The van der Waals surface area contributed by atoms with Crippen LogP contribution in [0.2, 0.25) is 0 Å². The number of hydrogen-bond donors (Lipinski definition) is 2. The lowest BCUT2D eigenvalue weighted by Gasteiger charge is -2.17. The fourth-order valence-corrected chi connectivity index (χ4v) is 1.96. The molecular weight excluding hydrogens is 247 g/mol. The molecule has 2 rings (SSSR count). The summed E-state index contributed by atoms with van der Waals surface area (Å²) in [6.45, 7) is 0. The van der Waals surface area contributed by atoms with Crippen LogP contribution in [0.3, 0.4) is 0 Å². The Morgan fingerprint density at radius 1 is 1.16 bits per heavy atom. The van der Waals surface area contributed by atoms with E-state index in [9.17, 15) is 14.0 Å². The Labute approximate surface area is 110 Å². The van der Waals surface area contributed by atoms with Gasteiger partial charge in [-0.25, -0.2) is 4.39 Å². The minimum Gasteiger partial charge on any atom is -0.273 e. The van der Waals surface area contributed by atoms with Crippen molar-refractivity contribution < 1.29 is 14.0 Å². The normalized spacial score (nSPS) is 17.8. The van der Waals surface area contributed by atoms with Crippen LogP contribution >= 0.6 is 0 Å². The quantitative estimate of drug-likeness (QED) is 0.632. The third kappa shape index (κ3) is 3.40. The largest absolute Gasteiger partial charge is 0.273 e. The maximum Gasteiger partial charge on any atom is 0.272 e. The van der Waals surface area contributed by atoms with Crippen LogP contribution in [-0.4, -0.2) is 11.8 Å². The summed E-state index contributed by atoms with van der Waals surface area (Å²) in [7, 11) is 0. The molecule has 0 fully saturated rings. The van der Waals surface area contributed by atoms with Crippen molar-refractivity contribution in [3.63, 3.8) is 0 Å². The van der Waals surface area contributed by atoms with E-state index in [0.717, 1.165) is 12.8 Å². The number of rotatable bonds is 2. The Bertz CT molecular complexity index is 514. The number of amides is 2. The zero-order chi connectivity index (χ0) is 13.7. The minimum absolute atomic E-state index is 0.0914. The van der Waals surface area contributed by atoms with Gasteiger partial charge in [0, 0.05) is 5.92 Å². The summed E-state index contributed by atoms with van der Waals surface area (Å²) in [4.78, 5) is 23.4. The Kier molecular flexibility index (Phi) is 4.28. The molecule has 2 N–H and O–H groups in total. The van der Waals surface area contributed by atoms with Crippen molar-refractivity contribution in [2.45, 2.75) is 19.3 Å². The van der Waals surface area contributed by atoms with E-state index in [-0.39, 0.29) is 17.4 Å². The van der Waals surface area contributed by atoms with E-state index in [2.05, 4.69) is 10.9 Å². The van der Waals surface area contributed by atoms with E-state index in [0.29, 0.717) is 6.42 Å². The maximum atomic E-state index is 13.3. The van der Waals surface area contributed by atoms with E-state index in [1.54, 1.807) is 6.07 Å². The van der Waals surface area contributed by atoms with Crippen LogP contribution in [0.1, 0.15) is 29.6 Å². The zero-order valence-electron chi connectivity index (χ0n) is 10.4. The molecule has 100 valence electrons. The second kappa shape index (κ2) is 6.13. The smallest absolute Gasteiger partial charge is 0.272 e. The first-order valence-corrected chi connectivity index (χ1v) is 6.18. The Balaban J connectivity index is 1.88. The van der Waals surface area contributed by atoms with Gasteiger partial charge in [-0.15, -0.1) is 0 Å². The summed E-state index contributed by atoms with van der Waals surface area (Å²) in [5, 5.41) is 0. The van der Waals surface area contributed by atoms with Gasteiger partial charge in [0.2, 0.25) is 5.91 Å². The predicted octanol–water partition coefficient (Wildman–Crippen LogP) is 1.94. The maximum absolute atomic E-state index is 13.3. The molecule has 1 aliphatic carbocycles. The van der Waals surface area contributed by atoms with Crippen molar-refractivity contribution in [1.29, 1.82) is 0 Å². The van der Waals surface area contributed by atoms with Crippen LogP contribution in [0.15, 0.2) is 36.4 Å². The highest BCUT2D eigenvalue weighted by atomic mass is 19.1. The van der Waals surface area contributed by atoms with Crippen molar-refractivity contribution >= 4 is 11.8 Å². The Morgan fingerprint density at radius 3 is 2.63 bits per heavy atom. The monoisotopic (exact) mass is 262 g/mol. The molecule has 0 saturated carbocycles. The highest BCUT2D eigenvalue weighted by Crippen LogP contribution is 2.17. The summed E-state index contributed by atoms with van der Waals surface area (Å²) in [6.07, 6.45) is 6.27. The number of hydrazine groups is 1. The molecule has 1 aliphatic rings. The van der Waals surface area contributed by atoms with E-state index >= 15 is 0 Å². The van der Waals surface area contributed by atoms with Crippen LogP contribution in [0.5, 0.6) is 0 Å². The summed E-state index contributed by atoms with van der Waals surface area (Å²) in [5.41, 5.74) is 4.48. The number of allylic oxidation sites excluding steroid dienone is 2. The molecule has 0 heterocycles. The summed E-state index contributed by atoms with van der Waals surface area (Å²) < 4.78 is 13.3. The average Bonchev–Trinajstić information content (AvgIpc) is 2.46. The number of benzene rings is 1.